The number of hydrogen-bond donors (Lipinski definition) is 3. The van der Waals surface area contributed by atoms with Crippen LogP contribution in [0.2, 0.25) is 0 Å². The van der Waals surface area contributed by atoms with Crippen molar-refractivity contribution in [3.8, 4) is 0 Å². The molecule has 0 aromatic carbocycles. The molecule has 0 rings (SSSR count). The van der Waals surface area contributed by atoms with E-state index >= 15 is 0 Å². The van der Waals surface area contributed by atoms with Crippen LogP contribution in [0.1, 0.15) is 58.3 Å². The maximum absolute atomic E-state index is 10.2. The SMILES string of the molecule is CC/C=C\C/C=C\C/C=C\C/C=C\C/C=C\C/C=C\CCC(=O)[O-].C[N+](C)=C(N)N=C(N)N. The van der Waals surface area contributed by atoms with Crippen molar-refractivity contribution in [1.29, 1.82) is 0 Å². The Bertz CT molecular complexity index is 734. The van der Waals surface area contributed by atoms with E-state index in [-0.39, 0.29) is 12.4 Å². The first-order chi connectivity index (χ1) is 15.8. The molecule has 0 radical (unpaired) electrons. The van der Waals surface area contributed by atoms with Crippen molar-refractivity contribution >= 4 is 17.9 Å². The molecule has 0 aliphatic rings. The number of guanidine groups is 2. The van der Waals surface area contributed by atoms with Crippen LogP contribution in [0, 0.1) is 0 Å². The highest BCUT2D eigenvalue weighted by Crippen LogP contribution is 1.97. The molecule has 0 aromatic heterocycles. The smallest absolute Gasteiger partial charge is 0.387 e. The summed E-state index contributed by atoms with van der Waals surface area (Å²) < 4.78 is 1.61. The van der Waals surface area contributed by atoms with Crippen LogP contribution in [0.4, 0.5) is 0 Å². The highest BCUT2D eigenvalue weighted by molar-refractivity contribution is 5.89. The van der Waals surface area contributed by atoms with Crippen molar-refractivity contribution in [3.05, 3.63) is 72.9 Å². The van der Waals surface area contributed by atoms with Gasteiger partial charge in [0.1, 0.15) is 0 Å². The topological polar surface area (TPSA) is 134 Å². The molecule has 0 heterocycles. The molecule has 0 atom stereocenters. The zero-order chi connectivity index (χ0) is 25.2. The van der Waals surface area contributed by atoms with Gasteiger partial charge in [0.15, 0.2) is 0 Å². The summed E-state index contributed by atoms with van der Waals surface area (Å²) in [6.07, 6.45) is 32.1. The molecule has 0 bridgehead atoms. The standard InChI is InChI=1S/C22H32O2.C4H11N5/c1-2-3-4-5-6-7-8-9-10-11-12-13-14-15-16-17-18-19-20-21-22(23)24;1-9(2)4(7)8-3(5)6/h3-4,6-7,9-10,12-13,15-16,18-19H,2,5,8,11,14,17,20-21H2,1H3,(H,23,24);1-2H3,(H5,5,6,7,8)/b4-3-,7-6-,10-9-,13-12-,16-15-,19-18-;. The average Bonchev–Trinajstić information content (AvgIpc) is 2.75. The Morgan fingerprint density at radius 1 is 0.727 bits per heavy atom. The number of aliphatic imine (C=N–C) groups is 1. The number of carboxylic acids is 1. The summed E-state index contributed by atoms with van der Waals surface area (Å²) in [4.78, 5) is 13.8. The van der Waals surface area contributed by atoms with E-state index in [1.807, 2.05) is 12.2 Å². The van der Waals surface area contributed by atoms with Gasteiger partial charge in [-0.2, -0.15) is 0 Å². The van der Waals surface area contributed by atoms with E-state index < -0.39 is 5.97 Å². The summed E-state index contributed by atoms with van der Waals surface area (Å²) in [5, 5.41) is 10.2. The predicted molar refractivity (Wildman–Crippen MR) is 140 cm³/mol. The first-order valence-electron chi connectivity index (χ1n) is 11.3. The lowest BCUT2D eigenvalue weighted by Crippen LogP contribution is -2.29. The first kappa shape index (κ1) is 31.8. The lowest BCUT2D eigenvalue weighted by atomic mass is 10.2. The molecule has 7 nitrogen and oxygen atoms in total. The number of aliphatic carboxylic acids is 1. The molecule has 0 unspecified atom stereocenters. The quantitative estimate of drug-likeness (QED) is 0.159. The molecule has 0 aromatic rings. The number of carbonyl (C=O) groups excluding carboxylic acids is 1. The van der Waals surface area contributed by atoms with Gasteiger partial charge >= 0.3 is 5.96 Å². The van der Waals surface area contributed by atoms with E-state index in [0.29, 0.717) is 12.4 Å². The fourth-order valence-electron chi connectivity index (χ4n) is 2.07. The summed E-state index contributed by atoms with van der Waals surface area (Å²) in [6, 6.07) is 0. The molecule has 0 spiro atoms. The predicted octanol–water partition coefficient (Wildman–Crippen LogP) is 3.06. The number of carboxylic acid groups (broad SMARTS) is 1. The van der Waals surface area contributed by atoms with Crippen LogP contribution in [0.5, 0.6) is 0 Å². The Morgan fingerprint density at radius 2 is 1.09 bits per heavy atom. The third kappa shape index (κ3) is 30.9. The Labute approximate surface area is 200 Å². The van der Waals surface area contributed by atoms with Crippen LogP contribution in [0.25, 0.3) is 0 Å². The van der Waals surface area contributed by atoms with Gasteiger partial charge in [-0.15, -0.1) is 0 Å². The zero-order valence-electron chi connectivity index (χ0n) is 20.5. The van der Waals surface area contributed by atoms with E-state index in [0.717, 1.165) is 38.5 Å². The van der Waals surface area contributed by atoms with Crippen LogP contribution in [0.3, 0.4) is 0 Å². The maximum Gasteiger partial charge on any atom is 0.387 e. The fraction of sp³-hybridized carbons (Fsp3) is 0.423. The van der Waals surface area contributed by atoms with Gasteiger partial charge < -0.3 is 21.4 Å². The minimum Gasteiger partial charge on any atom is -0.550 e. The Morgan fingerprint density at radius 3 is 1.36 bits per heavy atom. The highest BCUT2D eigenvalue weighted by Gasteiger charge is 1.97. The zero-order valence-corrected chi connectivity index (χ0v) is 20.5. The van der Waals surface area contributed by atoms with Crippen LogP contribution >= 0.6 is 0 Å². The average molecular weight is 458 g/mol. The number of rotatable bonds is 14. The molecule has 184 valence electrons. The highest BCUT2D eigenvalue weighted by atomic mass is 16.4. The third-order valence-corrected chi connectivity index (χ3v) is 3.81. The number of hydrogen-bond acceptors (Lipinski definition) is 2. The van der Waals surface area contributed by atoms with E-state index in [4.69, 9.17) is 17.2 Å². The number of allylic oxidation sites excluding steroid dienone is 12. The van der Waals surface area contributed by atoms with Gasteiger partial charge in [-0.05, 0) is 56.4 Å². The van der Waals surface area contributed by atoms with E-state index in [1.165, 1.54) is 0 Å². The van der Waals surface area contributed by atoms with Crippen LogP contribution in [-0.2, 0) is 4.79 Å². The summed E-state index contributed by atoms with van der Waals surface area (Å²) in [5.74, 6) is -0.717. The van der Waals surface area contributed by atoms with Gasteiger partial charge in [0, 0.05) is 5.97 Å². The molecule has 6 N–H and O–H groups in total. The lowest BCUT2D eigenvalue weighted by molar-refractivity contribution is -0.466. The van der Waals surface area contributed by atoms with Crippen molar-refractivity contribution in [2.45, 2.75) is 58.3 Å². The van der Waals surface area contributed by atoms with Gasteiger partial charge in [0.25, 0.3) is 5.96 Å². The minimum absolute atomic E-state index is 0.0267. The van der Waals surface area contributed by atoms with Gasteiger partial charge in [-0.25, -0.2) is 0 Å². The molecular formula is C26H43N5O2. The minimum atomic E-state index is -0.991. The Balaban J connectivity index is 0. The summed E-state index contributed by atoms with van der Waals surface area (Å²) in [6.45, 7) is 2.15. The number of carbonyl (C=O) groups is 1. The van der Waals surface area contributed by atoms with E-state index in [1.54, 1.807) is 18.7 Å². The van der Waals surface area contributed by atoms with E-state index in [9.17, 15) is 9.90 Å². The van der Waals surface area contributed by atoms with E-state index in [2.05, 4.69) is 72.7 Å². The first-order valence-corrected chi connectivity index (χ1v) is 11.3. The molecule has 0 fully saturated rings. The molecule has 7 heteroatoms. The van der Waals surface area contributed by atoms with Crippen LogP contribution in [0.15, 0.2) is 77.9 Å². The Hall–Kier alpha value is -3.35. The second-order valence-corrected chi connectivity index (χ2v) is 7.12. The summed E-state index contributed by atoms with van der Waals surface area (Å²) in [5.41, 5.74) is 15.4. The molecule has 0 saturated heterocycles. The Kier molecular flexibility index (Phi) is 24.0. The number of nitrogens with zero attached hydrogens (tertiary/aromatic N) is 2. The fourth-order valence-corrected chi connectivity index (χ4v) is 2.07. The molecule has 0 aliphatic heterocycles. The van der Waals surface area contributed by atoms with Crippen LogP contribution < -0.4 is 22.3 Å². The van der Waals surface area contributed by atoms with Crippen molar-refractivity contribution < 1.29 is 14.5 Å². The van der Waals surface area contributed by atoms with Crippen molar-refractivity contribution in [2.24, 2.45) is 22.2 Å². The second-order valence-electron chi connectivity index (χ2n) is 7.12. The maximum atomic E-state index is 10.2. The second kappa shape index (κ2) is 24.9. The van der Waals surface area contributed by atoms with Crippen LogP contribution in [-0.4, -0.2) is 36.6 Å². The van der Waals surface area contributed by atoms with Gasteiger partial charge in [0.2, 0.25) is 0 Å². The lowest BCUT2D eigenvalue weighted by Gasteiger charge is -1.95. The summed E-state index contributed by atoms with van der Waals surface area (Å²) in [7, 11) is 3.50. The van der Waals surface area contributed by atoms with Gasteiger partial charge in [-0.1, -0.05) is 79.8 Å². The van der Waals surface area contributed by atoms with Crippen molar-refractivity contribution in [1.82, 2.24) is 0 Å². The molecular weight excluding hydrogens is 414 g/mol. The number of nitrogens with two attached hydrogens (primary N) is 3. The summed E-state index contributed by atoms with van der Waals surface area (Å²) >= 11 is 0. The van der Waals surface area contributed by atoms with Crippen molar-refractivity contribution in [3.63, 3.8) is 0 Å². The monoisotopic (exact) mass is 457 g/mol. The largest absolute Gasteiger partial charge is 0.550 e. The van der Waals surface area contributed by atoms with Gasteiger partial charge in [0.05, 0.1) is 14.1 Å². The third-order valence-electron chi connectivity index (χ3n) is 3.81. The normalized spacial score (nSPS) is 11.7. The molecule has 33 heavy (non-hydrogen) atoms. The molecule has 0 aliphatic carbocycles. The van der Waals surface area contributed by atoms with Crippen molar-refractivity contribution in [2.75, 3.05) is 14.1 Å². The van der Waals surface area contributed by atoms with Gasteiger partial charge in [-0.3, -0.25) is 10.3 Å². The molecule has 0 amide bonds. The molecule has 0 saturated carbocycles.